The van der Waals surface area contributed by atoms with Crippen molar-refractivity contribution >= 4 is 21.6 Å². The van der Waals surface area contributed by atoms with E-state index in [9.17, 15) is 22.7 Å². The smallest absolute Gasteiger partial charge is 0.242 e. The van der Waals surface area contributed by atoms with Crippen molar-refractivity contribution in [1.29, 1.82) is 0 Å². The highest BCUT2D eigenvalue weighted by atomic mass is 32.2. The minimum atomic E-state index is -3.73. The number of halogens is 1. The van der Waals surface area contributed by atoms with Gasteiger partial charge in [-0.25, -0.2) is 17.1 Å². The molecule has 1 amide bonds. The second kappa shape index (κ2) is 8.29. The minimum absolute atomic E-state index is 0.00423. The van der Waals surface area contributed by atoms with Crippen molar-refractivity contribution in [3.63, 3.8) is 0 Å². The van der Waals surface area contributed by atoms with Gasteiger partial charge in [0.05, 0.1) is 10.6 Å². The SMILES string of the molecule is Cc1ccc(NC(=O)CCCN(C)S(=O)(=O)c2ccc(F)cc2)c(O)c1. The first-order chi connectivity index (χ1) is 12.2. The molecule has 2 rings (SSSR count). The van der Waals surface area contributed by atoms with E-state index in [0.717, 1.165) is 22.0 Å². The molecule has 26 heavy (non-hydrogen) atoms. The predicted molar refractivity (Wildman–Crippen MR) is 96.9 cm³/mol. The van der Waals surface area contributed by atoms with E-state index in [4.69, 9.17) is 0 Å². The molecule has 140 valence electrons. The van der Waals surface area contributed by atoms with Crippen molar-refractivity contribution in [3.8, 4) is 5.75 Å². The molecule has 0 atom stereocenters. The Morgan fingerprint density at radius 1 is 1.19 bits per heavy atom. The fourth-order valence-corrected chi connectivity index (χ4v) is 3.54. The first kappa shape index (κ1) is 19.9. The molecule has 2 N–H and O–H groups in total. The zero-order valence-electron chi connectivity index (χ0n) is 14.6. The lowest BCUT2D eigenvalue weighted by molar-refractivity contribution is -0.116. The van der Waals surface area contributed by atoms with Crippen LogP contribution >= 0.6 is 0 Å². The molecule has 2 aromatic carbocycles. The number of aryl methyl sites for hydroxylation is 1. The van der Waals surface area contributed by atoms with E-state index in [0.29, 0.717) is 12.1 Å². The molecule has 0 aliphatic carbocycles. The number of hydrogen-bond acceptors (Lipinski definition) is 4. The zero-order chi connectivity index (χ0) is 19.3. The summed E-state index contributed by atoms with van der Waals surface area (Å²) >= 11 is 0. The lowest BCUT2D eigenvalue weighted by atomic mass is 10.2. The number of carbonyl (C=O) groups is 1. The summed E-state index contributed by atoms with van der Waals surface area (Å²) in [5.74, 6) is -0.853. The Morgan fingerprint density at radius 3 is 2.46 bits per heavy atom. The summed E-state index contributed by atoms with van der Waals surface area (Å²) in [5.41, 5.74) is 1.18. The number of rotatable bonds is 7. The lowest BCUT2D eigenvalue weighted by Gasteiger charge is -2.17. The van der Waals surface area contributed by atoms with Crippen molar-refractivity contribution in [2.45, 2.75) is 24.7 Å². The molecule has 0 aromatic heterocycles. The van der Waals surface area contributed by atoms with Crippen LogP contribution in [0.25, 0.3) is 0 Å². The van der Waals surface area contributed by atoms with Crippen molar-refractivity contribution < 1.29 is 22.7 Å². The average molecular weight is 380 g/mol. The van der Waals surface area contributed by atoms with E-state index >= 15 is 0 Å². The maximum atomic E-state index is 12.9. The second-order valence-corrected chi connectivity index (χ2v) is 8.00. The van der Waals surface area contributed by atoms with E-state index in [1.807, 2.05) is 6.92 Å². The van der Waals surface area contributed by atoms with E-state index in [1.54, 1.807) is 18.2 Å². The normalized spacial score (nSPS) is 11.5. The molecular formula is C18H21FN2O4S. The monoisotopic (exact) mass is 380 g/mol. The Labute approximate surface area is 152 Å². The number of carbonyl (C=O) groups excluding carboxylic acids is 1. The Hall–Kier alpha value is -2.45. The number of phenolic OH excluding ortho intramolecular Hbond substituents is 1. The van der Waals surface area contributed by atoms with Gasteiger partial charge in [0.1, 0.15) is 11.6 Å². The quantitative estimate of drug-likeness (QED) is 0.723. The standard InChI is InChI=1S/C18H21FN2O4S/c1-13-5-10-16(17(22)12-13)20-18(23)4-3-11-21(2)26(24,25)15-8-6-14(19)7-9-15/h5-10,12,22H,3-4,11H2,1-2H3,(H,20,23). The van der Waals surface area contributed by atoms with Crippen LogP contribution in [-0.4, -0.2) is 37.3 Å². The molecule has 0 fully saturated rings. The van der Waals surface area contributed by atoms with E-state index < -0.39 is 15.8 Å². The van der Waals surface area contributed by atoms with Crippen LogP contribution in [0, 0.1) is 12.7 Å². The van der Waals surface area contributed by atoms with Gasteiger partial charge in [0, 0.05) is 20.0 Å². The summed E-state index contributed by atoms with van der Waals surface area (Å²) in [7, 11) is -2.32. The van der Waals surface area contributed by atoms with Gasteiger partial charge >= 0.3 is 0 Å². The Bertz CT molecular complexity index is 883. The third-order valence-electron chi connectivity index (χ3n) is 3.83. The topological polar surface area (TPSA) is 86.7 Å². The first-order valence-electron chi connectivity index (χ1n) is 8.01. The van der Waals surface area contributed by atoms with Gasteiger partial charge in [0.15, 0.2) is 0 Å². The molecule has 0 aliphatic heterocycles. The number of anilines is 1. The summed E-state index contributed by atoms with van der Waals surface area (Å²) in [6.45, 7) is 1.95. The fraction of sp³-hybridized carbons (Fsp3) is 0.278. The molecule has 2 aromatic rings. The van der Waals surface area contributed by atoms with Gasteiger partial charge in [-0.2, -0.15) is 0 Å². The van der Waals surface area contributed by atoms with Gasteiger partial charge in [0.2, 0.25) is 15.9 Å². The number of amides is 1. The van der Waals surface area contributed by atoms with Crippen LogP contribution in [0.4, 0.5) is 10.1 Å². The van der Waals surface area contributed by atoms with Crippen molar-refractivity contribution in [3.05, 3.63) is 53.8 Å². The van der Waals surface area contributed by atoms with Gasteiger partial charge in [-0.15, -0.1) is 0 Å². The Kier molecular flexibility index (Phi) is 6.33. The second-order valence-electron chi connectivity index (χ2n) is 5.95. The highest BCUT2D eigenvalue weighted by molar-refractivity contribution is 7.89. The molecule has 0 unspecified atom stereocenters. The fourth-order valence-electron chi connectivity index (χ4n) is 2.33. The number of sulfonamides is 1. The summed E-state index contributed by atoms with van der Waals surface area (Å²) in [6, 6.07) is 9.48. The maximum absolute atomic E-state index is 12.9. The molecule has 6 nitrogen and oxygen atoms in total. The van der Waals surface area contributed by atoms with Gasteiger partial charge < -0.3 is 10.4 Å². The molecule has 0 saturated carbocycles. The van der Waals surface area contributed by atoms with E-state index in [-0.39, 0.29) is 29.5 Å². The molecule has 0 saturated heterocycles. The Morgan fingerprint density at radius 2 is 1.85 bits per heavy atom. The molecule has 0 heterocycles. The lowest BCUT2D eigenvalue weighted by Crippen LogP contribution is -2.28. The summed E-state index contributed by atoms with van der Waals surface area (Å²) in [4.78, 5) is 12.0. The third-order valence-corrected chi connectivity index (χ3v) is 5.70. The van der Waals surface area contributed by atoms with Crippen molar-refractivity contribution in [2.75, 3.05) is 18.9 Å². The number of nitrogens with zero attached hydrogens (tertiary/aromatic N) is 1. The number of benzene rings is 2. The van der Waals surface area contributed by atoms with Crippen LogP contribution in [0.15, 0.2) is 47.4 Å². The van der Waals surface area contributed by atoms with Gasteiger partial charge in [-0.3, -0.25) is 4.79 Å². The highest BCUT2D eigenvalue weighted by Gasteiger charge is 2.20. The summed E-state index contributed by atoms with van der Waals surface area (Å²) in [5, 5.41) is 12.4. The van der Waals surface area contributed by atoms with E-state index in [1.165, 1.54) is 19.2 Å². The largest absolute Gasteiger partial charge is 0.506 e. The van der Waals surface area contributed by atoms with Crippen LogP contribution < -0.4 is 5.32 Å². The summed E-state index contributed by atoms with van der Waals surface area (Å²) < 4.78 is 38.8. The summed E-state index contributed by atoms with van der Waals surface area (Å²) in [6.07, 6.45) is 0.395. The van der Waals surface area contributed by atoms with Crippen LogP contribution in [0.5, 0.6) is 5.75 Å². The molecule has 0 bridgehead atoms. The molecular weight excluding hydrogens is 359 g/mol. The molecule has 0 spiro atoms. The van der Waals surface area contributed by atoms with Gasteiger partial charge in [-0.1, -0.05) is 6.07 Å². The van der Waals surface area contributed by atoms with Crippen LogP contribution in [0.1, 0.15) is 18.4 Å². The van der Waals surface area contributed by atoms with Crippen LogP contribution in [0.3, 0.4) is 0 Å². The first-order valence-corrected chi connectivity index (χ1v) is 9.45. The van der Waals surface area contributed by atoms with Gasteiger partial charge in [-0.05, 0) is 55.3 Å². The van der Waals surface area contributed by atoms with Crippen LogP contribution in [-0.2, 0) is 14.8 Å². The molecule has 8 heteroatoms. The minimum Gasteiger partial charge on any atom is -0.506 e. The Balaban J connectivity index is 1.88. The zero-order valence-corrected chi connectivity index (χ0v) is 15.4. The number of phenols is 1. The predicted octanol–water partition coefficient (Wildman–Crippen LogP) is 2.88. The van der Waals surface area contributed by atoms with Crippen molar-refractivity contribution in [1.82, 2.24) is 4.31 Å². The number of hydrogen-bond donors (Lipinski definition) is 2. The average Bonchev–Trinajstić information content (AvgIpc) is 2.57. The highest BCUT2D eigenvalue weighted by Crippen LogP contribution is 2.24. The number of aromatic hydroxyl groups is 1. The molecule has 0 aliphatic rings. The third kappa shape index (κ3) is 5.03. The van der Waals surface area contributed by atoms with Crippen LogP contribution in [0.2, 0.25) is 0 Å². The van der Waals surface area contributed by atoms with Gasteiger partial charge in [0.25, 0.3) is 0 Å². The maximum Gasteiger partial charge on any atom is 0.242 e. The molecule has 0 radical (unpaired) electrons. The van der Waals surface area contributed by atoms with E-state index in [2.05, 4.69) is 5.32 Å². The van der Waals surface area contributed by atoms with Crippen molar-refractivity contribution in [2.24, 2.45) is 0 Å². The number of nitrogens with one attached hydrogen (secondary N) is 1.